The molecule has 0 aliphatic carbocycles. The Morgan fingerprint density at radius 1 is 1.19 bits per heavy atom. The number of rotatable bonds is 9. The summed E-state index contributed by atoms with van der Waals surface area (Å²) in [5.74, 6) is -0.669. The average Bonchev–Trinajstić information content (AvgIpc) is 2.17. The van der Waals surface area contributed by atoms with Crippen molar-refractivity contribution in [3.8, 4) is 0 Å². The van der Waals surface area contributed by atoms with Crippen LogP contribution in [0, 0.1) is 0 Å². The number of carboxylic acid groups (broad SMARTS) is 1. The molecule has 0 aromatic carbocycles. The van der Waals surface area contributed by atoms with Crippen LogP contribution in [0.2, 0.25) is 0 Å². The second-order valence-electron chi connectivity index (χ2n) is 2.93. The lowest BCUT2D eigenvalue weighted by atomic mass is 10.3. The molecule has 5 nitrogen and oxygen atoms in total. The molecule has 1 N–H and O–H groups in total. The van der Waals surface area contributed by atoms with E-state index in [-0.39, 0.29) is 0 Å². The highest BCUT2D eigenvalue weighted by atomic mass is 16.7. The van der Waals surface area contributed by atoms with Gasteiger partial charge in [-0.15, -0.1) is 0 Å². The third-order valence-corrected chi connectivity index (χ3v) is 1.69. The number of hydrogen-bond acceptors (Lipinski definition) is 4. The normalized spacial score (nSPS) is 11.9. The molecule has 0 aliphatic rings. The third-order valence-electron chi connectivity index (χ3n) is 1.69. The first-order chi connectivity index (χ1) is 7.63. The Kier molecular flexibility index (Phi) is 8.56. The Bertz CT molecular complexity index is 218. The smallest absolute Gasteiger partial charge is 0.331 e. The fourth-order valence-corrected chi connectivity index (χ4v) is 1.18. The fraction of sp³-hybridized carbons (Fsp3) is 0.727. The maximum Gasteiger partial charge on any atom is 0.331 e. The van der Waals surface area contributed by atoms with E-state index in [9.17, 15) is 4.79 Å². The molecule has 0 heterocycles. The summed E-state index contributed by atoms with van der Waals surface area (Å²) in [5, 5.41) is 8.65. The maximum atomic E-state index is 10.5. The van der Waals surface area contributed by atoms with Crippen molar-refractivity contribution in [3.63, 3.8) is 0 Å². The zero-order chi connectivity index (χ0) is 12.4. The van der Waals surface area contributed by atoms with E-state index < -0.39 is 12.3 Å². The standard InChI is InChI=1S/C11H20O5/c1-4-14-9(7-10(12)13)8-11(15-5-2)16-6-3/h7,11H,4-6,8H2,1-3H3,(H,12,13). The number of ether oxygens (including phenoxy) is 3. The molecule has 0 aliphatic heterocycles. The van der Waals surface area contributed by atoms with Crippen molar-refractivity contribution in [3.05, 3.63) is 11.8 Å². The molecule has 0 spiro atoms. The first-order valence-corrected chi connectivity index (χ1v) is 5.43. The van der Waals surface area contributed by atoms with Gasteiger partial charge in [-0.1, -0.05) is 0 Å². The van der Waals surface area contributed by atoms with Crippen molar-refractivity contribution in [2.45, 2.75) is 33.5 Å². The first kappa shape index (κ1) is 14.9. The van der Waals surface area contributed by atoms with E-state index in [1.165, 1.54) is 0 Å². The molecule has 0 unspecified atom stereocenters. The van der Waals surface area contributed by atoms with Gasteiger partial charge in [0.2, 0.25) is 0 Å². The Balaban J connectivity index is 4.37. The Morgan fingerprint density at radius 3 is 2.12 bits per heavy atom. The Labute approximate surface area is 96.0 Å². The molecule has 0 saturated carbocycles. The fourth-order valence-electron chi connectivity index (χ4n) is 1.18. The van der Waals surface area contributed by atoms with Crippen molar-refractivity contribution < 1.29 is 24.1 Å². The van der Waals surface area contributed by atoms with E-state index in [4.69, 9.17) is 19.3 Å². The SMILES string of the molecule is CCOC(=CC(=O)O)CC(OCC)OCC. The highest BCUT2D eigenvalue weighted by molar-refractivity contribution is 5.80. The van der Waals surface area contributed by atoms with Crippen molar-refractivity contribution >= 4 is 5.97 Å². The van der Waals surface area contributed by atoms with Crippen LogP contribution in [0.15, 0.2) is 11.8 Å². The van der Waals surface area contributed by atoms with Gasteiger partial charge in [0.15, 0.2) is 6.29 Å². The number of carboxylic acids is 1. The van der Waals surface area contributed by atoms with Crippen LogP contribution in [0.4, 0.5) is 0 Å². The molecule has 5 heteroatoms. The molecule has 0 fully saturated rings. The number of aliphatic carboxylic acids is 1. The van der Waals surface area contributed by atoms with Crippen LogP contribution in [0.5, 0.6) is 0 Å². The van der Waals surface area contributed by atoms with Crippen LogP contribution in [0.25, 0.3) is 0 Å². The summed E-state index contributed by atoms with van der Waals surface area (Å²) in [7, 11) is 0. The first-order valence-electron chi connectivity index (χ1n) is 5.43. The minimum Gasteiger partial charge on any atom is -0.498 e. The van der Waals surface area contributed by atoms with Crippen LogP contribution < -0.4 is 0 Å². The monoisotopic (exact) mass is 232 g/mol. The van der Waals surface area contributed by atoms with Gasteiger partial charge in [-0.3, -0.25) is 0 Å². The van der Waals surface area contributed by atoms with Gasteiger partial charge in [-0.25, -0.2) is 4.79 Å². The zero-order valence-corrected chi connectivity index (χ0v) is 10.1. The van der Waals surface area contributed by atoms with Gasteiger partial charge < -0.3 is 19.3 Å². The Hall–Kier alpha value is -1.07. The summed E-state index contributed by atoms with van der Waals surface area (Å²) in [6, 6.07) is 0. The van der Waals surface area contributed by atoms with Crippen molar-refractivity contribution in [1.29, 1.82) is 0 Å². The van der Waals surface area contributed by atoms with Crippen LogP contribution >= 0.6 is 0 Å². The number of carbonyl (C=O) groups is 1. The van der Waals surface area contributed by atoms with Crippen molar-refractivity contribution in [2.75, 3.05) is 19.8 Å². The topological polar surface area (TPSA) is 65.0 Å². The highest BCUT2D eigenvalue weighted by Gasteiger charge is 2.13. The van der Waals surface area contributed by atoms with Gasteiger partial charge in [0.25, 0.3) is 0 Å². The highest BCUT2D eigenvalue weighted by Crippen LogP contribution is 2.11. The molecule has 94 valence electrons. The molecule has 0 radical (unpaired) electrons. The lowest BCUT2D eigenvalue weighted by Crippen LogP contribution is -2.19. The molecular weight excluding hydrogens is 212 g/mol. The largest absolute Gasteiger partial charge is 0.498 e. The van der Waals surface area contributed by atoms with Gasteiger partial charge >= 0.3 is 5.97 Å². The van der Waals surface area contributed by atoms with Crippen LogP contribution in [-0.2, 0) is 19.0 Å². The minimum atomic E-state index is -1.03. The summed E-state index contributed by atoms with van der Waals surface area (Å²) >= 11 is 0. The summed E-state index contributed by atoms with van der Waals surface area (Å²) in [6.45, 7) is 6.95. The van der Waals surface area contributed by atoms with Crippen molar-refractivity contribution in [1.82, 2.24) is 0 Å². The van der Waals surface area contributed by atoms with Gasteiger partial charge in [0.1, 0.15) is 5.76 Å². The molecule has 0 saturated heterocycles. The van der Waals surface area contributed by atoms with E-state index in [1.54, 1.807) is 6.92 Å². The molecule has 0 bridgehead atoms. The second kappa shape index (κ2) is 9.18. The van der Waals surface area contributed by atoms with E-state index in [2.05, 4.69) is 0 Å². The molecule has 0 atom stereocenters. The average molecular weight is 232 g/mol. The quantitative estimate of drug-likeness (QED) is 0.373. The van der Waals surface area contributed by atoms with Gasteiger partial charge in [0.05, 0.1) is 19.1 Å². The van der Waals surface area contributed by atoms with Crippen LogP contribution in [-0.4, -0.2) is 37.2 Å². The summed E-state index contributed by atoms with van der Waals surface area (Å²) in [5.41, 5.74) is 0. The van der Waals surface area contributed by atoms with E-state index in [1.807, 2.05) is 13.8 Å². The van der Waals surface area contributed by atoms with Gasteiger partial charge in [-0.05, 0) is 20.8 Å². The van der Waals surface area contributed by atoms with E-state index >= 15 is 0 Å². The van der Waals surface area contributed by atoms with E-state index in [0.29, 0.717) is 32.0 Å². The summed E-state index contributed by atoms with van der Waals surface area (Å²) in [4.78, 5) is 10.5. The molecular formula is C11H20O5. The van der Waals surface area contributed by atoms with E-state index in [0.717, 1.165) is 6.08 Å². The molecule has 16 heavy (non-hydrogen) atoms. The minimum absolute atomic E-state index is 0.307. The number of hydrogen-bond donors (Lipinski definition) is 1. The lowest BCUT2D eigenvalue weighted by Gasteiger charge is -2.18. The molecule has 0 amide bonds. The predicted molar refractivity (Wildman–Crippen MR) is 59.0 cm³/mol. The Morgan fingerprint density at radius 2 is 1.75 bits per heavy atom. The third kappa shape index (κ3) is 7.25. The summed E-state index contributed by atoms with van der Waals surface area (Å²) < 4.78 is 15.8. The molecule has 0 aromatic heterocycles. The van der Waals surface area contributed by atoms with Crippen LogP contribution in [0.3, 0.4) is 0 Å². The van der Waals surface area contributed by atoms with Crippen LogP contribution in [0.1, 0.15) is 27.2 Å². The predicted octanol–water partition coefficient (Wildman–Crippen LogP) is 1.78. The lowest BCUT2D eigenvalue weighted by molar-refractivity contribution is -0.139. The van der Waals surface area contributed by atoms with Crippen molar-refractivity contribution in [2.24, 2.45) is 0 Å². The zero-order valence-electron chi connectivity index (χ0n) is 10.1. The maximum absolute atomic E-state index is 10.5. The molecule has 0 rings (SSSR count). The summed E-state index contributed by atoms with van der Waals surface area (Å²) in [6.07, 6.45) is 0.892. The molecule has 0 aromatic rings. The van der Waals surface area contributed by atoms with Gasteiger partial charge in [-0.2, -0.15) is 0 Å². The second-order valence-corrected chi connectivity index (χ2v) is 2.93. The van der Waals surface area contributed by atoms with Gasteiger partial charge in [0, 0.05) is 13.2 Å².